The molecule has 0 saturated carbocycles. The van der Waals surface area contributed by atoms with Crippen LogP contribution >= 0.6 is 0 Å². The number of hydrogen-bond donors (Lipinski definition) is 0. The summed E-state index contributed by atoms with van der Waals surface area (Å²) in [6.07, 6.45) is 14.2. The molecule has 0 aromatic rings. The van der Waals surface area contributed by atoms with Gasteiger partial charge in [0.25, 0.3) is 0 Å². The van der Waals surface area contributed by atoms with Crippen molar-refractivity contribution in [3.8, 4) is 24.3 Å². The highest BCUT2D eigenvalue weighted by Crippen LogP contribution is 2.23. The van der Waals surface area contributed by atoms with Gasteiger partial charge in [-0.1, -0.05) is 51.4 Å². The molecule has 2 atom stereocenters. The molecule has 0 amide bonds. The van der Waals surface area contributed by atoms with Crippen LogP contribution in [0.2, 0.25) is 0 Å². The van der Waals surface area contributed by atoms with Crippen LogP contribution in [-0.4, -0.2) is 62.1 Å². The molecule has 0 aromatic carbocycles. The molecule has 0 rings (SSSR count). The third kappa shape index (κ3) is 17.9. The van der Waals surface area contributed by atoms with Gasteiger partial charge < -0.3 is 0 Å². The van der Waals surface area contributed by atoms with Gasteiger partial charge in [-0.2, -0.15) is 21.0 Å². The molecule has 0 spiro atoms. The lowest BCUT2D eigenvalue weighted by atomic mass is 10.1. The SMILES string of the molecule is CC(C(C)S(=O)(=O)N(CCCCCCC#N)CCCCCCC#N)S(=O)(=O)N(CCCCCCC#N)CCCCCCC#N. The molecule has 44 heavy (non-hydrogen) atoms. The van der Waals surface area contributed by atoms with Gasteiger partial charge in [0, 0.05) is 51.9 Å². The molecule has 10 nitrogen and oxygen atoms in total. The van der Waals surface area contributed by atoms with Gasteiger partial charge in [0.1, 0.15) is 0 Å². The third-order valence-electron chi connectivity index (χ3n) is 8.10. The van der Waals surface area contributed by atoms with Crippen LogP contribution in [0.5, 0.6) is 0 Å². The molecule has 0 bridgehead atoms. The Bertz CT molecular complexity index is 991. The highest BCUT2D eigenvalue weighted by molar-refractivity contribution is 7.93. The number of rotatable bonds is 29. The maximum atomic E-state index is 13.9. The van der Waals surface area contributed by atoms with Gasteiger partial charge in [-0.05, 0) is 65.2 Å². The second-order valence-electron chi connectivity index (χ2n) is 11.6. The van der Waals surface area contributed by atoms with Crippen molar-refractivity contribution in [1.82, 2.24) is 8.61 Å². The number of nitrogens with zero attached hydrogens (tertiary/aromatic N) is 6. The molecular formula is C32H56N6O4S2. The Kier molecular flexibility index (Phi) is 24.7. The van der Waals surface area contributed by atoms with Gasteiger partial charge >= 0.3 is 0 Å². The van der Waals surface area contributed by atoms with Gasteiger partial charge in [0.15, 0.2) is 0 Å². The van der Waals surface area contributed by atoms with E-state index in [4.69, 9.17) is 21.0 Å². The molecule has 0 aliphatic heterocycles. The van der Waals surface area contributed by atoms with Crippen molar-refractivity contribution in [3.05, 3.63) is 0 Å². The first-order chi connectivity index (χ1) is 21.1. The Morgan fingerprint density at radius 3 is 0.818 bits per heavy atom. The van der Waals surface area contributed by atoms with E-state index < -0.39 is 30.5 Å². The van der Waals surface area contributed by atoms with E-state index in [1.54, 1.807) is 0 Å². The molecule has 0 saturated heterocycles. The molecule has 12 heteroatoms. The molecule has 2 unspecified atom stereocenters. The number of unbranched alkanes of at least 4 members (excludes halogenated alkanes) is 16. The summed E-state index contributed by atoms with van der Waals surface area (Å²) in [5.74, 6) is 0. The van der Waals surface area contributed by atoms with Crippen LogP contribution in [0, 0.1) is 45.3 Å². The van der Waals surface area contributed by atoms with E-state index in [-0.39, 0.29) is 0 Å². The van der Waals surface area contributed by atoms with Gasteiger partial charge in [-0.25, -0.2) is 25.4 Å². The van der Waals surface area contributed by atoms with Gasteiger partial charge in [-0.3, -0.25) is 0 Å². The summed E-state index contributed by atoms with van der Waals surface area (Å²) in [4.78, 5) is 0. The second-order valence-corrected chi connectivity index (χ2v) is 16.2. The van der Waals surface area contributed by atoms with Crippen molar-refractivity contribution in [2.24, 2.45) is 0 Å². The zero-order valence-electron chi connectivity index (χ0n) is 27.3. The number of hydrogen-bond acceptors (Lipinski definition) is 8. The molecule has 0 aromatic heterocycles. The van der Waals surface area contributed by atoms with Crippen LogP contribution in [-0.2, 0) is 20.0 Å². The molecule has 0 heterocycles. The molecule has 0 N–H and O–H groups in total. The Labute approximate surface area is 269 Å². The van der Waals surface area contributed by atoms with E-state index in [1.807, 2.05) is 0 Å². The topological polar surface area (TPSA) is 170 Å². The zero-order chi connectivity index (χ0) is 33.1. The maximum Gasteiger partial charge on any atom is 0.218 e. The predicted molar refractivity (Wildman–Crippen MR) is 175 cm³/mol. The normalized spacial score (nSPS) is 13.2. The van der Waals surface area contributed by atoms with Crippen LogP contribution in [0.1, 0.15) is 142 Å². The molecule has 0 aliphatic carbocycles. The van der Waals surface area contributed by atoms with Gasteiger partial charge in [-0.15, -0.1) is 0 Å². The van der Waals surface area contributed by atoms with Crippen molar-refractivity contribution in [3.63, 3.8) is 0 Å². The molecule has 0 radical (unpaired) electrons. The molecule has 250 valence electrons. The Morgan fingerprint density at radius 1 is 0.409 bits per heavy atom. The van der Waals surface area contributed by atoms with Crippen LogP contribution in [0.25, 0.3) is 0 Å². The van der Waals surface area contributed by atoms with Crippen LogP contribution < -0.4 is 0 Å². The Morgan fingerprint density at radius 2 is 0.614 bits per heavy atom. The largest absolute Gasteiger partial charge is 0.218 e. The lowest BCUT2D eigenvalue weighted by Gasteiger charge is -2.32. The zero-order valence-corrected chi connectivity index (χ0v) is 28.9. The van der Waals surface area contributed by atoms with Crippen LogP contribution in [0.4, 0.5) is 0 Å². The first kappa shape index (κ1) is 41.8. The van der Waals surface area contributed by atoms with Crippen molar-refractivity contribution in [2.45, 2.75) is 153 Å². The van der Waals surface area contributed by atoms with Gasteiger partial charge in [0.2, 0.25) is 20.0 Å². The van der Waals surface area contributed by atoms with E-state index in [0.717, 1.165) is 77.0 Å². The fourth-order valence-electron chi connectivity index (χ4n) is 5.07. The van der Waals surface area contributed by atoms with E-state index in [2.05, 4.69) is 24.3 Å². The van der Waals surface area contributed by atoms with Crippen molar-refractivity contribution < 1.29 is 16.8 Å². The van der Waals surface area contributed by atoms with E-state index in [1.165, 1.54) is 22.5 Å². The average molecular weight is 653 g/mol. The third-order valence-corrected chi connectivity index (χ3v) is 13.1. The molecular weight excluding hydrogens is 597 g/mol. The lowest BCUT2D eigenvalue weighted by molar-refractivity contribution is 0.370. The number of sulfonamides is 2. The minimum absolute atomic E-state index is 0.319. The summed E-state index contributed by atoms with van der Waals surface area (Å²) in [5.41, 5.74) is 0. The minimum Gasteiger partial charge on any atom is -0.212 e. The molecule has 0 aliphatic rings. The standard InChI is InChI=1S/C32H56N6O4S2/c1-31(43(39,40)37(27-19-11-3-7-15-23-33)28-20-12-4-8-16-24-34)32(2)44(41,42)38(29-21-13-5-9-17-25-35)30-22-14-6-10-18-26-36/h31-32H,3-22,27-30H2,1-2H3. The highest BCUT2D eigenvalue weighted by atomic mass is 32.2. The van der Waals surface area contributed by atoms with Gasteiger partial charge in [0.05, 0.1) is 34.8 Å². The fraction of sp³-hybridized carbons (Fsp3) is 0.875. The summed E-state index contributed by atoms with van der Waals surface area (Å²) in [6.45, 7) is 4.29. The quantitative estimate of drug-likeness (QED) is 0.0783. The van der Waals surface area contributed by atoms with Crippen molar-refractivity contribution in [2.75, 3.05) is 26.2 Å². The first-order valence-corrected chi connectivity index (χ1v) is 19.6. The monoisotopic (exact) mass is 652 g/mol. The highest BCUT2D eigenvalue weighted by Gasteiger charge is 2.40. The van der Waals surface area contributed by atoms with E-state index in [9.17, 15) is 16.8 Å². The minimum atomic E-state index is -3.92. The lowest BCUT2D eigenvalue weighted by Crippen LogP contribution is -2.49. The predicted octanol–water partition coefficient (Wildman–Crippen LogP) is 6.92. The van der Waals surface area contributed by atoms with E-state index >= 15 is 0 Å². The first-order valence-electron chi connectivity index (χ1n) is 16.6. The molecule has 0 fully saturated rings. The summed E-state index contributed by atoms with van der Waals surface area (Å²) < 4.78 is 58.5. The average Bonchev–Trinajstić information content (AvgIpc) is 3.00. The van der Waals surface area contributed by atoms with E-state index in [0.29, 0.717) is 77.5 Å². The maximum absolute atomic E-state index is 13.9. The van der Waals surface area contributed by atoms with Crippen LogP contribution in [0.3, 0.4) is 0 Å². The van der Waals surface area contributed by atoms with Crippen molar-refractivity contribution >= 4 is 20.0 Å². The van der Waals surface area contributed by atoms with Crippen LogP contribution in [0.15, 0.2) is 0 Å². The fourth-order valence-corrected chi connectivity index (χ4v) is 9.36. The summed E-state index contributed by atoms with van der Waals surface area (Å²) in [7, 11) is -7.84. The summed E-state index contributed by atoms with van der Waals surface area (Å²) in [5, 5.41) is 32.8. The summed E-state index contributed by atoms with van der Waals surface area (Å²) in [6, 6.07) is 8.51. The smallest absolute Gasteiger partial charge is 0.212 e. The summed E-state index contributed by atoms with van der Waals surface area (Å²) >= 11 is 0. The second kappa shape index (κ2) is 26.0. The number of nitriles is 4. The van der Waals surface area contributed by atoms with Crippen molar-refractivity contribution in [1.29, 1.82) is 21.0 Å². The Balaban J connectivity index is 5.63. The Hall–Kier alpha value is -2.22.